The van der Waals surface area contributed by atoms with Gasteiger partial charge in [-0.05, 0) is 141 Å². The van der Waals surface area contributed by atoms with Gasteiger partial charge in [-0.15, -0.1) is 0 Å². The van der Waals surface area contributed by atoms with Crippen molar-refractivity contribution in [3.05, 3.63) is 158 Å². The highest BCUT2D eigenvalue weighted by Crippen LogP contribution is 2.15. The van der Waals surface area contributed by atoms with Crippen molar-refractivity contribution in [3.63, 3.8) is 0 Å². The standard InChI is InChI=1S/C75H120O6/c1-4-7-10-13-16-19-22-25-28-31-33-35-37-39-41-44-47-50-53-56-59-62-65-68-74(77)80-71-72(70-79-73(76)67-64-61-58-55-52-49-46-43-30-27-24-21-18-15-12-9-6-3)81-75(78)69-66-63-60-57-54-51-48-45-42-40-38-36-34-32-29-26-23-20-17-14-11-8-5-2/h7-8,10-11,16-17,19-20,25-30,33-36,39-42,47,50,56,59,72H,4-6,9,12-15,18,21-24,31-32,37-38,43-46,48-49,51-55,57-58,60-71H2,1-3H3/b10-7-,11-8-,19-16-,20-17-,28-25-,29-26-,30-27-,35-33-,36-34-,41-39-,42-40-,50-47-,59-56-. The second-order valence-electron chi connectivity index (χ2n) is 21.3. The third kappa shape index (κ3) is 65.7. The maximum absolute atomic E-state index is 12.9. The van der Waals surface area contributed by atoms with E-state index in [4.69, 9.17) is 14.2 Å². The van der Waals surface area contributed by atoms with Crippen molar-refractivity contribution in [2.75, 3.05) is 13.2 Å². The van der Waals surface area contributed by atoms with Gasteiger partial charge in [-0.25, -0.2) is 0 Å². The minimum Gasteiger partial charge on any atom is -0.462 e. The predicted molar refractivity (Wildman–Crippen MR) is 352 cm³/mol. The molecule has 6 heteroatoms. The van der Waals surface area contributed by atoms with Crippen molar-refractivity contribution in [1.82, 2.24) is 0 Å². The molecule has 0 amide bonds. The SMILES string of the molecule is CC/C=C\C/C=C\C/C=C\C/C=C\C/C=C\C/C=C\C/C=C\CCCC(=O)OCC(COC(=O)CCCCCCCCC/C=C\CCCCCCCC)OC(=O)CCCCCCCCC/C=C\C/C=C\C/C=C\C/C=C\C/C=C\CC. The van der Waals surface area contributed by atoms with Crippen LogP contribution in [0.15, 0.2) is 158 Å². The van der Waals surface area contributed by atoms with Crippen LogP contribution in [-0.2, 0) is 28.6 Å². The monoisotopic (exact) mass is 1120 g/mol. The summed E-state index contributed by atoms with van der Waals surface area (Å²) in [5.41, 5.74) is 0. The van der Waals surface area contributed by atoms with E-state index in [9.17, 15) is 14.4 Å². The normalized spacial score (nSPS) is 13.2. The number of ether oxygens (including phenoxy) is 3. The fourth-order valence-electron chi connectivity index (χ4n) is 8.63. The van der Waals surface area contributed by atoms with Gasteiger partial charge < -0.3 is 14.2 Å². The van der Waals surface area contributed by atoms with E-state index in [1.165, 1.54) is 96.3 Å². The molecule has 1 unspecified atom stereocenters. The number of allylic oxidation sites excluding steroid dienone is 26. The van der Waals surface area contributed by atoms with E-state index in [0.717, 1.165) is 135 Å². The van der Waals surface area contributed by atoms with Crippen molar-refractivity contribution < 1.29 is 28.6 Å². The van der Waals surface area contributed by atoms with Gasteiger partial charge in [0.1, 0.15) is 13.2 Å². The lowest BCUT2D eigenvalue weighted by Crippen LogP contribution is -2.30. The fraction of sp³-hybridized carbons (Fsp3) is 0.613. The zero-order valence-corrected chi connectivity index (χ0v) is 52.2. The van der Waals surface area contributed by atoms with Crippen molar-refractivity contribution in [3.8, 4) is 0 Å². The summed E-state index contributed by atoms with van der Waals surface area (Å²) in [6.07, 6.45) is 98.2. The van der Waals surface area contributed by atoms with Crippen molar-refractivity contribution >= 4 is 17.9 Å². The van der Waals surface area contributed by atoms with Crippen molar-refractivity contribution in [2.45, 2.75) is 284 Å². The van der Waals surface area contributed by atoms with Crippen LogP contribution >= 0.6 is 0 Å². The number of carbonyl (C=O) groups is 3. The zero-order chi connectivity index (χ0) is 58.5. The maximum atomic E-state index is 12.9. The Morgan fingerprint density at radius 2 is 0.494 bits per heavy atom. The molecule has 0 aliphatic carbocycles. The number of hydrogen-bond donors (Lipinski definition) is 0. The van der Waals surface area contributed by atoms with Crippen LogP contribution in [0, 0.1) is 0 Å². The summed E-state index contributed by atoms with van der Waals surface area (Å²) in [6, 6.07) is 0. The van der Waals surface area contributed by atoms with Gasteiger partial charge in [-0.2, -0.15) is 0 Å². The average Bonchev–Trinajstić information content (AvgIpc) is 3.47. The second-order valence-corrected chi connectivity index (χ2v) is 21.3. The minimum atomic E-state index is -0.819. The van der Waals surface area contributed by atoms with Gasteiger partial charge in [0, 0.05) is 19.3 Å². The molecule has 456 valence electrons. The van der Waals surface area contributed by atoms with Gasteiger partial charge in [-0.3, -0.25) is 14.4 Å². The lowest BCUT2D eigenvalue weighted by Gasteiger charge is -2.18. The first-order chi connectivity index (χ1) is 40.0. The summed E-state index contributed by atoms with van der Waals surface area (Å²) < 4.78 is 16.9. The summed E-state index contributed by atoms with van der Waals surface area (Å²) in [5, 5.41) is 0. The van der Waals surface area contributed by atoms with Crippen LogP contribution in [0.2, 0.25) is 0 Å². The molecular weight excluding hydrogens is 997 g/mol. The Kier molecular flexibility index (Phi) is 63.4. The maximum Gasteiger partial charge on any atom is 0.306 e. The van der Waals surface area contributed by atoms with Crippen molar-refractivity contribution in [2.24, 2.45) is 0 Å². The van der Waals surface area contributed by atoms with E-state index in [2.05, 4.69) is 179 Å². The molecule has 6 nitrogen and oxygen atoms in total. The highest BCUT2D eigenvalue weighted by atomic mass is 16.6. The van der Waals surface area contributed by atoms with E-state index >= 15 is 0 Å². The van der Waals surface area contributed by atoms with E-state index in [1.54, 1.807) is 0 Å². The summed E-state index contributed by atoms with van der Waals surface area (Å²) in [4.78, 5) is 38.4. The second kappa shape index (κ2) is 67.5. The zero-order valence-electron chi connectivity index (χ0n) is 52.2. The number of carbonyl (C=O) groups excluding carboxylic acids is 3. The van der Waals surface area contributed by atoms with Gasteiger partial charge >= 0.3 is 17.9 Å². The minimum absolute atomic E-state index is 0.109. The average molecular weight is 1120 g/mol. The lowest BCUT2D eigenvalue weighted by atomic mass is 10.1. The quantitative estimate of drug-likeness (QED) is 0.0261. The Balaban J connectivity index is 4.54. The molecule has 0 rings (SSSR count). The molecule has 0 spiro atoms. The largest absolute Gasteiger partial charge is 0.462 e. The Labute approximate surface area is 499 Å². The topological polar surface area (TPSA) is 78.9 Å². The smallest absolute Gasteiger partial charge is 0.306 e. The van der Waals surface area contributed by atoms with Crippen molar-refractivity contribution in [1.29, 1.82) is 0 Å². The molecule has 0 radical (unpaired) electrons. The highest BCUT2D eigenvalue weighted by molar-refractivity contribution is 5.71. The molecule has 0 heterocycles. The molecule has 1 atom stereocenters. The van der Waals surface area contributed by atoms with Crippen LogP contribution in [0.5, 0.6) is 0 Å². The molecule has 0 N–H and O–H groups in total. The first-order valence-electron chi connectivity index (χ1n) is 33.0. The first kappa shape index (κ1) is 76.0. The number of unbranched alkanes of at least 4 members (excludes halogenated alkanes) is 21. The van der Waals surface area contributed by atoms with E-state index in [1.807, 2.05) is 0 Å². The predicted octanol–water partition coefficient (Wildman–Crippen LogP) is 22.9. The number of esters is 3. The summed E-state index contributed by atoms with van der Waals surface area (Å²) in [6.45, 7) is 6.35. The molecule has 0 aliphatic rings. The molecule has 0 aromatic rings. The number of rotatable bonds is 58. The number of hydrogen-bond acceptors (Lipinski definition) is 6. The van der Waals surface area contributed by atoms with Crippen LogP contribution < -0.4 is 0 Å². The molecule has 0 saturated heterocycles. The third-order valence-electron chi connectivity index (χ3n) is 13.5. The Morgan fingerprint density at radius 1 is 0.259 bits per heavy atom. The molecule has 0 aliphatic heterocycles. The molecule has 81 heavy (non-hydrogen) atoms. The van der Waals surface area contributed by atoms with E-state index in [-0.39, 0.29) is 37.5 Å². The summed E-state index contributed by atoms with van der Waals surface area (Å²) in [5.74, 6) is -0.986. The first-order valence-corrected chi connectivity index (χ1v) is 33.0. The Hall–Kier alpha value is -4.97. The Bertz CT molecular complexity index is 1810. The Morgan fingerprint density at radius 3 is 0.815 bits per heavy atom. The molecule has 0 saturated carbocycles. The van der Waals surface area contributed by atoms with Crippen LogP contribution in [0.1, 0.15) is 278 Å². The van der Waals surface area contributed by atoms with E-state index < -0.39 is 6.10 Å². The van der Waals surface area contributed by atoms with Crippen LogP contribution in [0.4, 0.5) is 0 Å². The summed E-state index contributed by atoms with van der Waals surface area (Å²) >= 11 is 0. The van der Waals surface area contributed by atoms with Gasteiger partial charge in [-0.1, -0.05) is 275 Å². The molecule has 0 aromatic carbocycles. The van der Waals surface area contributed by atoms with Crippen LogP contribution in [0.3, 0.4) is 0 Å². The summed E-state index contributed by atoms with van der Waals surface area (Å²) in [7, 11) is 0. The fourth-order valence-corrected chi connectivity index (χ4v) is 8.63. The third-order valence-corrected chi connectivity index (χ3v) is 13.5. The molecule has 0 bridgehead atoms. The molecular formula is C75H120O6. The van der Waals surface area contributed by atoms with Gasteiger partial charge in [0.15, 0.2) is 6.10 Å². The van der Waals surface area contributed by atoms with Crippen LogP contribution in [-0.4, -0.2) is 37.2 Å². The van der Waals surface area contributed by atoms with Crippen LogP contribution in [0.25, 0.3) is 0 Å². The highest BCUT2D eigenvalue weighted by Gasteiger charge is 2.19. The van der Waals surface area contributed by atoms with Gasteiger partial charge in [0.2, 0.25) is 0 Å². The lowest BCUT2D eigenvalue weighted by molar-refractivity contribution is -0.167. The van der Waals surface area contributed by atoms with Gasteiger partial charge in [0.05, 0.1) is 0 Å². The molecule has 0 fully saturated rings. The molecule has 0 aromatic heterocycles. The van der Waals surface area contributed by atoms with Gasteiger partial charge in [0.25, 0.3) is 0 Å². The van der Waals surface area contributed by atoms with E-state index in [0.29, 0.717) is 19.3 Å².